The number of esters is 1. The summed E-state index contributed by atoms with van der Waals surface area (Å²) in [4.78, 5) is 25.1. The van der Waals surface area contributed by atoms with Gasteiger partial charge in [0.15, 0.2) is 6.04 Å². The smallest absolute Gasteiger partial charge is 0.332 e. The minimum Gasteiger partial charge on any atom is -0.464 e. The van der Waals surface area contributed by atoms with Crippen molar-refractivity contribution in [2.24, 2.45) is 11.7 Å². The van der Waals surface area contributed by atoms with E-state index >= 15 is 0 Å². The summed E-state index contributed by atoms with van der Waals surface area (Å²) in [6.45, 7) is 9.21. The second-order valence-electron chi connectivity index (χ2n) is 4.29. The molecule has 5 heteroatoms. The van der Waals surface area contributed by atoms with Gasteiger partial charge in [-0.1, -0.05) is 26.7 Å². The average Bonchev–Trinajstić information content (AvgIpc) is 2.39. The van der Waals surface area contributed by atoms with Gasteiger partial charge in [-0.2, -0.15) is 0 Å². The Morgan fingerprint density at radius 3 is 2.11 bits per heavy atom. The minimum absolute atomic E-state index is 0.235. The van der Waals surface area contributed by atoms with E-state index in [1.165, 1.54) is 0 Å². The van der Waals surface area contributed by atoms with Crippen molar-refractivity contribution < 1.29 is 14.3 Å². The molecule has 2 N–H and O–H groups in total. The third-order valence-corrected chi connectivity index (χ3v) is 3.13. The Morgan fingerprint density at radius 1 is 1.17 bits per heavy atom. The van der Waals surface area contributed by atoms with E-state index in [4.69, 9.17) is 10.5 Å². The maximum absolute atomic E-state index is 12.1. The average molecular weight is 258 g/mol. The number of hydrogen-bond donors (Lipinski definition) is 1. The van der Waals surface area contributed by atoms with Gasteiger partial charge in [-0.25, -0.2) is 4.79 Å². The molecule has 0 aromatic heterocycles. The molecule has 0 aliphatic heterocycles. The van der Waals surface area contributed by atoms with Gasteiger partial charge in [-0.05, 0) is 19.8 Å². The molecule has 0 bridgehead atoms. The molecule has 0 rings (SSSR count). The molecule has 0 aliphatic rings. The van der Waals surface area contributed by atoms with Gasteiger partial charge in [0.2, 0.25) is 0 Å². The predicted molar refractivity (Wildman–Crippen MR) is 70.9 cm³/mol. The number of nitrogens with zero attached hydrogens (tertiary/aromatic N) is 1. The van der Waals surface area contributed by atoms with Crippen molar-refractivity contribution >= 4 is 11.9 Å². The van der Waals surface area contributed by atoms with Crippen molar-refractivity contribution in [3.8, 4) is 0 Å². The summed E-state index contributed by atoms with van der Waals surface area (Å²) >= 11 is 0. The highest BCUT2D eigenvalue weighted by molar-refractivity contribution is 6.01. The maximum atomic E-state index is 12.1. The number of carbonyl (C=O) groups is 2. The fourth-order valence-corrected chi connectivity index (χ4v) is 1.76. The first-order chi connectivity index (χ1) is 8.51. The fourth-order valence-electron chi connectivity index (χ4n) is 1.76. The van der Waals surface area contributed by atoms with Gasteiger partial charge in [0.1, 0.15) is 0 Å². The summed E-state index contributed by atoms with van der Waals surface area (Å²) in [6.07, 6.45) is 2.02. The van der Waals surface area contributed by atoms with E-state index in [0.29, 0.717) is 19.0 Å². The molecule has 0 fully saturated rings. The number of likely N-dealkylation sites (N-methyl/N-ethyl adjacent to an activating group) is 1. The Morgan fingerprint density at radius 2 is 1.72 bits per heavy atom. The Hall–Kier alpha value is -1.10. The highest BCUT2D eigenvalue weighted by atomic mass is 16.5. The molecule has 1 unspecified atom stereocenters. The van der Waals surface area contributed by atoms with Crippen LogP contribution in [0.25, 0.3) is 0 Å². The minimum atomic E-state index is -1.20. The lowest BCUT2D eigenvalue weighted by Gasteiger charge is -2.27. The van der Waals surface area contributed by atoms with E-state index in [9.17, 15) is 9.59 Å². The van der Waals surface area contributed by atoms with Crippen LogP contribution in [0.2, 0.25) is 0 Å². The highest BCUT2D eigenvalue weighted by Gasteiger charge is 2.28. The van der Waals surface area contributed by atoms with Crippen LogP contribution in [-0.2, 0) is 14.3 Å². The van der Waals surface area contributed by atoms with Crippen LogP contribution < -0.4 is 5.73 Å². The molecule has 0 aliphatic carbocycles. The zero-order valence-electron chi connectivity index (χ0n) is 11.9. The summed E-state index contributed by atoms with van der Waals surface area (Å²) in [5, 5.41) is 0. The van der Waals surface area contributed by atoms with E-state index in [1.807, 2.05) is 6.92 Å². The zero-order valence-corrected chi connectivity index (χ0v) is 11.9. The molecule has 0 aromatic carbocycles. The Bertz CT molecular complexity index is 265. The van der Waals surface area contributed by atoms with Crippen LogP contribution in [0.3, 0.4) is 0 Å². The second kappa shape index (κ2) is 8.91. The SMILES string of the molecule is CCOC(=O)C(N)C(=O)N(CC)CC(CC)CC. The quantitative estimate of drug-likeness (QED) is 0.524. The molecule has 1 amide bonds. The molecule has 18 heavy (non-hydrogen) atoms. The zero-order chi connectivity index (χ0) is 14.1. The topological polar surface area (TPSA) is 72.6 Å². The van der Waals surface area contributed by atoms with Crippen LogP contribution in [0.1, 0.15) is 40.5 Å². The summed E-state index contributed by atoms with van der Waals surface area (Å²) in [6, 6.07) is -1.20. The Labute approximate surface area is 110 Å². The van der Waals surface area contributed by atoms with Gasteiger partial charge in [-0.15, -0.1) is 0 Å². The standard InChI is InChI=1S/C13H26N2O3/c1-5-10(6-2)9-15(7-3)12(16)11(14)13(17)18-8-4/h10-11H,5-9,14H2,1-4H3. The monoisotopic (exact) mass is 258 g/mol. The number of nitrogens with two attached hydrogens (primary N) is 1. The normalized spacial score (nSPS) is 12.3. The van der Waals surface area contributed by atoms with Crippen molar-refractivity contribution in [2.45, 2.75) is 46.6 Å². The summed E-state index contributed by atoms with van der Waals surface area (Å²) in [5.74, 6) is -0.545. The van der Waals surface area contributed by atoms with Crippen molar-refractivity contribution in [2.75, 3.05) is 19.7 Å². The van der Waals surface area contributed by atoms with Crippen LogP contribution in [0.4, 0.5) is 0 Å². The number of ether oxygens (including phenoxy) is 1. The molecule has 0 spiro atoms. The molecule has 0 saturated carbocycles. The molecular weight excluding hydrogens is 232 g/mol. The van der Waals surface area contributed by atoms with E-state index in [2.05, 4.69) is 13.8 Å². The lowest BCUT2D eigenvalue weighted by molar-refractivity contribution is -0.151. The van der Waals surface area contributed by atoms with Gasteiger partial charge in [-0.3, -0.25) is 4.79 Å². The van der Waals surface area contributed by atoms with Gasteiger partial charge in [0, 0.05) is 13.1 Å². The van der Waals surface area contributed by atoms with E-state index in [0.717, 1.165) is 12.8 Å². The van der Waals surface area contributed by atoms with Gasteiger partial charge < -0.3 is 15.4 Å². The first kappa shape index (κ1) is 16.9. The molecule has 0 radical (unpaired) electrons. The van der Waals surface area contributed by atoms with Crippen molar-refractivity contribution in [1.82, 2.24) is 4.90 Å². The van der Waals surface area contributed by atoms with E-state index in [1.54, 1.807) is 11.8 Å². The number of rotatable bonds is 8. The van der Waals surface area contributed by atoms with Crippen molar-refractivity contribution in [3.05, 3.63) is 0 Å². The summed E-state index contributed by atoms with van der Waals surface area (Å²) < 4.78 is 4.77. The van der Waals surface area contributed by atoms with Crippen LogP contribution >= 0.6 is 0 Å². The Kier molecular flexibility index (Phi) is 8.37. The Balaban J connectivity index is 4.55. The first-order valence-electron chi connectivity index (χ1n) is 6.72. The van der Waals surface area contributed by atoms with Crippen LogP contribution in [0.5, 0.6) is 0 Å². The summed E-state index contributed by atoms with van der Waals surface area (Å²) in [5.41, 5.74) is 5.62. The fraction of sp³-hybridized carbons (Fsp3) is 0.846. The molecule has 1 atom stereocenters. The highest BCUT2D eigenvalue weighted by Crippen LogP contribution is 2.10. The number of amides is 1. The molecule has 0 aromatic rings. The van der Waals surface area contributed by atoms with Gasteiger partial charge in [0.25, 0.3) is 5.91 Å². The largest absolute Gasteiger partial charge is 0.464 e. The van der Waals surface area contributed by atoms with Crippen LogP contribution in [0.15, 0.2) is 0 Å². The molecular formula is C13H26N2O3. The van der Waals surface area contributed by atoms with Crippen LogP contribution in [-0.4, -0.2) is 42.5 Å². The molecule has 5 nitrogen and oxygen atoms in total. The van der Waals surface area contributed by atoms with Crippen molar-refractivity contribution in [1.29, 1.82) is 0 Å². The third-order valence-electron chi connectivity index (χ3n) is 3.13. The summed E-state index contributed by atoms with van der Waals surface area (Å²) in [7, 11) is 0. The predicted octanol–water partition coefficient (Wildman–Crippen LogP) is 1.16. The van der Waals surface area contributed by atoms with Crippen LogP contribution in [0, 0.1) is 5.92 Å². The first-order valence-corrected chi connectivity index (χ1v) is 6.72. The molecule has 0 saturated heterocycles. The number of hydrogen-bond acceptors (Lipinski definition) is 4. The second-order valence-corrected chi connectivity index (χ2v) is 4.29. The van der Waals surface area contributed by atoms with Gasteiger partial charge >= 0.3 is 5.97 Å². The molecule has 0 heterocycles. The number of carbonyl (C=O) groups excluding carboxylic acids is 2. The van der Waals surface area contributed by atoms with E-state index in [-0.39, 0.29) is 12.5 Å². The van der Waals surface area contributed by atoms with Gasteiger partial charge in [0.05, 0.1) is 6.61 Å². The lowest BCUT2D eigenvalue weighted by atomic mass is 10.0. The van der Waals surface area contributed by atoms with E-state index < -0.39 is 12.0 Å². The lowest BCUT2D eigenvalue weighted by Crippen LogP contribution is -2.50. The third kappa shape index (κ3) is 5.04. The maximum Gasteiger partial charge on any atom is 0.332 e. The van der Waals surface area contributed by atoms with Crippen molar-refractivity contribution in [3.63, 3.8) is 0 Å². The molecule has 106 valence electrons.